The van der Waals surface area contributed by atoms with Crippen LogP contribution in [0.3, 0.4) is 0 Å². The smallest absolute Gasteiger partial charge is 0.339 e. The molecule has 0 aliphatic carbocycles. The molecule has 0 fully saturated rings. The van der Waals surface area contributed by atoms with E-state index in [1.165, 1.54) is 0 Å². The van der Waals surface area contributed by atoms with Gasteiger partial charge in [-0.1, -0.05) is 18.2 Å². The van der Waals surface area contributed by atoms with E-state index in [2.05, 4.69) is 0 Å². The lowest BCUT2D eigenvalue weighted by atomic mass is 9.98. The van der Waals surface area contributed by atoms with Crippen molar-refractivity contribution in [3.8, 4) is 0 Å². The molecule has 1 aromatic heterocycles. The number of fused-ring (bicyclic) bond motifs is 1. The fourth-order valence-corrected chi connectivity index (χ4v) is 3.11. The number of rotatable bonds is 3. The van der Waals surface area contributed by atoms with Crippen molar-refractivity contribution in [2.75, 3.05) is 7.05 Å². The number of hydrogen-bond acceptors (Lipinski definition) is 4. The van der Waals surface area contributed by atoms with Crippen LogP contribution in [0.2, 0.25) is 0 Å². The molecule has 3 rings (SSSR count). The van der Waals surface area contributed by atoms with Crippen molar-refractivity contribution in [2.24, 2.45) is 0 Å². The Morgan fingerprint density at radius 2 is 2.19 bits per heavy atom. The van der Waals surface area contributed by atoms with Crippen molar-refractivity contribution in [2.45, 2.75) is 19.1 Å². The molecule has 0 unspecified atom stereocenters. The SMILES string of the molecule is CN(Cc1ccsc1)C(=O)[C@@H]1Cc2ccccc2C(=O)O1. The van der Waals surface area contributed by atoms with E-state index in [1.807, 2.05) is 29.0 Å². The van der Waals surface area contributed by atoms with E-state index in [0.29, 0.717) is 18.5 Å². The van der Waals surface area contributed by atoms with E-state index in [1.54, 1.807) is 35.4 Å². The maximum atomic E-state index is 12.4. The molecule has 0 N–H and O–H groups in total. The summed E-state index contributed by atoms with van der Waals surface area (Å²) in [4.78, 5) is 26.0. The van der Waals surface area contributed by atoms with Crippen molar-refractivity contribution < 1.29 is 14.3 Å². The Labute approximate surface area is 127 Å². The first-order chi connectivity index (χ1) is 10.1. The summed E-state index contributed by atoms with van der Waals surface area (Å²) in [5.41, 5.74) is 2.51. The Hall–Kier alpha value is -2.14. The number of benzene rings is 1. The molecule has 2 heterocycles. The van der Waals surface area contributed by atoms with Gasteiger partial charge >= 0.3 is 5.97 Å². The second-order valence-corrected chi connectivity index (χ2v) is 5.86. The van der Waals surface area contributed by atoms with Crippen LogP contribution in [-0.2, 0) is 22.5 Å². The monoisotopic (exact) mass is 301 g/mol. The van der Waals surface area contributed by atoms with Crippen LogP contribution >= 0.6 is 11.3 Å². The summed E-state index contributed by atoms with van der Waals surface area (Å²) in [5.74, 6) is -0.580. The first-order valence-electron chi connectivity index (χ1n) is 6.70. The summed E-state index contributed by atoms with van der Waals surface area (Å²) < 4.78 is 5.29. The normalized spacial score (nSPS) is 17.0. The summed E-state index contributed by atoms with van der Waals surface area (Å²) in [6.45, 7) is 0.526. The van der Waals surface area contributed by atoms with E-state index in [4.69, 9.17) is 4.74 Å². The van der Waals surface area contributed by atoms with Gasteiger partial charge in [-0.2, -0.15) is 11.3 Å². The van der Waals surface area contributed by atoms with Crippen LogP contribution < -0.4 is 0 Å². The van der Waals surface area contributed by atoms with Crippen LogP contribution in [0.15, 0.2) is 41.1 Å². The zero-order valence-corrected chi connectivity index (χ0v) is 12.4. The molecule has 5 heteroatoms. The number of cyclic esters (lactones) is 1. The molecule has 0 saturated carbocycles. The fraction of sp³-hybridized carbons (Fsp3) is 0.250. The molecule has 0 radical (unpaired) electrons. The number of nitrogens with zero attached hydrogens (tertiary/aromatic N) is 1. The Balaban J connectivity index is 1.73. The van der Waals surface area contributed by atoms with E-state index >= 15 is 0 Å². The molecule has 108 valence electrons. The van der Waals surface area contributed by atoms with Crippen molar-refractivity contribution in [3.63, 3.8) is 0 Å². The van der Waals surface area contributed by atoms with Crippen LogP contribution in [0.25, 0.3) is 0 Å². The van der Waals surface area contributed by atoms with E-state index in [-0.39, 0.29) is 5.91 Å². The number of hydrogen-bond donors (Lipinski definition) is 0. The number of esters is 1. The molecule has 1 aliphatic rings. The molecule has 0 spiro atoms. The summed E-state index contributed by atoms with van der Waals surface area (Å²) in [5, 5.41) is 3.98. The fourth-order valence-electron chi connectivity index (χ4n) is 2.45. The second kappa shape index (κ2) is 5.69. The van der Waals surface area contributed by atoms with Crippen LogP contribution in [0, 0.1) is 0 Å². The minimum absolute atomic E-state index is 0.163. The molecule has 1 atom stereocenters. The molecule has 0 bridgehead atoms. The minimum atomic E-state index is -0.726. The van der Waals surface area contributed by atoms with E-state index in [0.717, 1.165) is 11.1 Å². The van der Waals surface area contributed by atoms with Gasteiger partial charge in [0, 0.05) is 20.0 Å². The van der Waals surface area contributed by atoms with Crippen molar-refractivity contribution >= 4 is 23.2 Å². The summed E-state index contributed by atoms with van der Waals surface area (Å²) in [6.07, 6.45) is -0.287. The van der Waals surface area contributed by atoms with Crippen LogP contribution in [0.4, 0.5) is 0 Å². The van der Waals surface area contributed by atoms with E-state index < -0.39 is 12.1 Å². The Bertz CT molecular complexity index is 666. The average molecular weight is 301 g/mol. The molecular formula is C16H15NO3S. The Morgan fingerprint density at radius 1 is 1.38 bits per heavy atom. The number of thiophene rings is 1. The van der Waals surface area contributed by atoms with Gasteiger partial charge in [0.1, 0.15) is 0 Å². The third-order valence-corrected chi connectivity index (χ3v) is 4.28. The summed E-state index contributed by atoms with van der Waals surface area (Å²) in [6, 6.07) is 9.25. The lowest BCUT2D eigenvalue weighted by molar-refractivity contribution is -0.140. The van der Waals surface area contributed by atoms with Crippen LogP contribution in [0.5, 0.6) is 0 Å². The summed E-state index contributed by atoms with van der Waals surface area (Å²) in [7, 11) is 1.73. The van der Waals surface area contributed by atoms with Crippen molar-refractivity contribution in [3.05, 3.63) is 57.8 Å². The van der Waals surface area contributed by atoms with Gasteiger partial charge < -0.3 is 9.64 Å². The molecule has 4 nitrogen and oxygen atoms in total. The van der Waals surface area contributed by atoms with Gasteiger partial charge in [-0.3, -0.25) is 4.79 Å². The average Bonchev–Trinajstić information content (AvgIpc) is 2.99. The van der Waals surface area contributed by atoms with Gasteiger partial charge in [0.05, 0.1) is 5.56 Å². The van der Waals surface area contributed by atoms with Gasteiger partial charge in [0.15, 0.2) is 6.10 Å². The maximum Gasteiger partial charge on any atom is 0.339 e. The quantitative estimate of drug-likeness (QED) is 0.818. The summed E-state index contributed by atoms with van der Waals surface area (Å²) >= 11 is 1.60. The van der Waals surface area contributed by atoms with Gasteiger partial charge in [-0.05, 0) is 34.0 Å². The van der Waals surface area contributed by atoms with Gasteiger partial charge in [-0.15, -0.1) is 0 Å². The van der Waals surface area contributed by atoms with Crippen molar-refractivity contribution in [1.82, 2.24) is 4.90 Å². The molecule has 1 aromatic carbocycles. The first kappa shape index (κ1) is 13.8. The van der Waals surface area contributed by atoms with Crippen molar-refractivity contribution in [1.29, 1.82) is 0 Å². The number of carbonyl (C=O) groups is 2. The highest BCUT2D eigenvalue weighted by molar-refractivity contribution is 7.07. The first-order valence-corrected chi connectivity index (χ1v) is 7.64. The Kier molecular flexibility index (Phi) is 3.75. The molecular weight excluding hydrogens is 286 g/mol. The minimum Gasteiger partial charge on any atom is -0.448 e. The predicted octanol–water partition coefficient (Wildman–Crippen LogP) is 2.49. The highest BCUT2D eigenvalue weighted by atomic mass is 32.1. The zero-order valence-electron chi connectivity index (χ0n) is 11.6. The third-order valence-electron chi connectivity index (χ3n) is 3.54. The largest absolute Gasteiger partial charge is 0.448 e. The number of amides is 1. The van der Waals surface area contributed by atoms with Crippen LogP contribution in [-0.4, -0.2) is 29.9 Å². The van der Waals surface area contributed by atoms with Gasteiger partial charge in [-0.25, -0.2) is 4.79 Å². The number of likely N-dealkylation sites (N-methyl/N-ethyl adjacent to an activating group) is 1. The lowest BCUT2D eigenvalue weighted by Crippen LogP contribution is -2.42. The maximum absolute atomic E-state index is 12.4. The third kappa shape index (κ3) is 2.83. The number of ether oxygens (including phenoxy) is 1. The van der Waals surface area contributed by atoms with Gasteiger partial charge in [0.25, 0.3) is 5.91 Å². The standard InChI is InChI=1S/C16H15NO3S/c1-17(9-11-6-7-21-10-11)15(18)14-8-12-4-2-3-5-13(12)16(19)20-14/h2-7,10,14H,8-9H2,1H3/t14-/m0/s1. The van der Waals surface area contributed by atoms with E-state index in [9.17, 15) is 9.59 Å². The van der Waals surface area contributed by atoms with Crippen LogP contribution in [0.1, 0.15) is 21.5 Å². The molecule has 0 saturated heterocycles. The second-order valence-electron chi connectivity index (χ2n) is 5.08. The lowest BCUT2D eigenvalue weighted by Gasteiger charge is -2.27. The number of carbonyl (C=O) groups excluding carboxylic acids is 2. The molecule has 1 aliphatic heterocycles. The topological polar surface area (TPSA) is 46.6 Å². The van der Waals surface area contributed by atoms with Gasteiger partial charge in [0.2, 0.25) is 0 Å². The Morgan fingerprint density at radius 3 is 2.95 bits per heavy atom. The molecule has 2 aromatic rings. The predicted molar refractivity (Wildman–Crippen MR) is 80.1 cm³/mol. The highest BCUT2D eigenvalue weighted by Crippen LogP contribution is 2.22. The highest BCUT2D eigenvalue weighted by Gasteiger charge is 2.32. The zero-order chi connectivity index (χ0) is 14.8. The molecule has 1 amide bonds. The molecule has 21 heavy (non-hydrogen) atoms.